The lowest BCUT2D eigenvalue weighted by Crippen LogP contribution is -2.50. The van der Waals surface area contributed by atoms with Crippen LogP contribution in [0.2, 0.25) is 0 Å². The van der Waals surface area contributed by atoms with Gasteiger partial charge in [0.1, 0.15) is 5.01 Å². The quantitative estimate of drug-likeness (QED) is 0.662. The van der Waals surface area contributed by atoms with Crippen LogP contribution in [0.5, 0.6) is 0 Å². The Hall–Kier alpha value is -0.750. The Bertz CT molecular complexity index is 528. The van der Waals surface area contributed by atoms with Crippen molar-refractivity contribution in [1.82, 2.24) is 15.2 Å². The van der Waals surface area contributed by atoms with Crippen LogP contribution in [0.15, 0.2) is 10.4 Å². The van der Waals surface area contributed by atoms with Gasteiger partial charge in [-0.3, -0.25) is 4.99 Å². The zero-order valence-corrected chi connectivity index (χ0v) is 16.2. The number of thioether (sulfide) groups is 1. The fourth-order valence-electron chi connectivity index (χ4n) is 2.42. The predicted octanol–water partition coefficient (Wildman–Crippen LogP) is 3.34. The summed E-state index contributed by atoms with van der Waals surface area (Å²) in [7, 11) is 1.86. The third kappa shape index (κ3) is 4.62. The summed E-state index contributed by atoms with van der Waals surface area (Å²) < 4.78 is 0.288. The second-order valence-corrected chi connectivity index (χ2v) is 10.1. The van der Waals surface area contributed by atoms with Gasteiger partial charge in [0.25, 0.3) is 0 Å². The Morgan fingerprint density at radius 1 is 1.45 bits per heavy atom. The molecule has 6 heteroatoms. The molecule has 0 amide bonds. The first-order chi connectivity index (χ1) is 10.2. The Labute approximate surface area is 142 Å². The molecule has 0 unspecified atom stereocenters. The second kappa shape index (κ2) is 6.79. The molecule has 4 nitrogen and oxygen atoms in total. The number of aromatic nitrogens is 1. The first-order valence-electron chi connectivity index (χ1n) is 7.76. The summed E-state index contributed by atoms with van der Waals surface area (Å²) in [6.45, 7) is 14.0. The van der Waals surface area contributed by atoms with Crippen molar-refractivity contribution in [3.8, 4) is 0 Å². The summed E-state index contributed by atoms with van der Waals surface area (Å²) in [5.41, 5.74) is 1.28. The SMILES string of the molecule is CN=C(NCc1nc(C(C)(C)C)cs1)N1CCSC(C)(C)C1. The van der Waals surface area contributed by atoms with Crippen LogP contribution < -0.4 is 5.32 Å². The summed E-state index contributed by atoms with van der Waals surface area (Å²) in [5, 5.41) is 6.76. The van der Waals surface area contributed by atoms with Crippen molar-refractivity contribution in [2.75, 3.05) is 25.9 Å². The molecule has 0 atom stereocenters. The summed E-state index contributed by atoms with van der Waals surface area (Å²) in [4.78, 5) is 11.5. The normalized spacial score (nSPS) is 19.4. The van der Waals surface area contributed by atoms with Crippen molar-refractivity contribution in [3.63, 3.8) is 0 Å². The van der Waals surface area contributed by atoms with E-state index in [0.717, 1.165) is 36.4 Å². The minimum atomic E-state index is 0.116. The molecule has 124 valence electrons. The third-order valence-corrected chi connectivity index (χ3v) is 5.80. The molecule has 0 saturated carbocycles. The number of hydrogen-bond acceptors (Lipinski definition) is 4. The standard InChI is InChI=1S/C16H28N4S2/c1-15(2,3)12-10-21-13(19-12)9-18-14(17-6)20-7-8-22-16(4,5)11-20/h10H,7-9,11H2,1-6H3,(H,17,18). The van der Waals surface area contributed by atoms with E-state index in [1.165, 1.54) is 5.69 Å². The van der Waals surface area contributed by atoms with Crippen molar-refractivity contribution in [3.05, 3.63) is 16.1 Å². The van der Waals surface area contributed by atoms with Gasteiger partial charge in [-0.15, -0.1) is 11.3 Å². The van der Waals surface area contributed by atoms with Gasteiger partial charge in [-0.05, 0) is 13.8 Å². The molecule has 1 N–H and O–H groups in total. The number of thiazole rings is 1. The van der Waals surface area contributed by atoms with Crippen molar-refractivity contribution in [2.45, 2.75) is 51.3 Å². The highest BCUT2D eigenvalue weighted by molar-refractivity contribution is 8.00. The summed E-state index contributed by atoms with van der Waals surface area (Å²) in [6.07, 6.45) is 0. The topological polar surface area (TPSA) is 40.5 Å². The van der Waals surface area contributed by atoms with Crippen molar-refractivity contribution in [1.29, 1.82) is 0 Å². The van der Waals surface area contributed by atoms with Crippen LogP contribution >= 0.6 is 23.1 Å². The average Bonchev–Trinajstić information content (AvgIpc) is 2.87. The highest BCUT2D eigenvalue weighted by Gasteiger charge is 2.28. The van der Waals surface area contributed by atoms with Crippen LogP contribution in [0.3, 0.4) is 0 Å². The monoisotopic (exact) mass is 340 g/mol. The van der Waals surface area contributed by atoms with E-state index >= 15 is 0 Å². The molecule has 0 spiro atoms. The van der Waals surface area contributed by atoms with Gasteiger partial charge < -0.3 is 10.2 Å². The van der Waals surface area contributed by atoms with E-state index in [-0.39, 0.29) is 10.2 Å². The van der Waals surface area contributed by atoms with Crippen molar-refractivity contribution >= 4 is 29.1 Å². The molecule has 1 aromatic rings. The molecule has 1 aliphatic heterocycles. The molecule has 0 bridgehead atoms. The summed E-state index contributed by atoms with van der Waals surface area (Å²) in [6, 6.07) is 0. The lowest BCUT2D eigenvalue weighted by Gasteiger charge is -2.39. The van der Waals surface area contributed by atoms with E-state index in [9.17, 15) is 0 Å². The van der Waals surface area contributed by atoms with Gasteiger partial charge in [0.15, 0.2) is 5.96 Å². The number of guanidine groups is 1. The third-order valence-electron chi connectivity index (χ3n) is 3.65. The molecule has 0 aromatic carbocycles. The average molecular weight is 341 g/mol. The lowest BCUT2D eigenvalue weighted by molar-refractivity contribution is 0.375. The van der Waals surface area contributed by atoms with E-state index in [2.05, 4.69) is 55.2 Å². The number of nitrogens with one attached hydrogen (secondary N) is 1. The van der Waals surface area contributed by atoms with Gasteiger partial charge in [-0.2, -0.15) is 11.8 Å². The minimum Gasteiger partial charge on any atom is -0.350 e. The molecule has 2 heterocycles. The van der Waals surface area contributed by atoms with E-state index in [1.807, 2.05) is 18.8 Å². The zero-order chi connectivity index (χ0) is 16.4. The van der Waals surface area contributed by atoms with Gasteiger partial charge in [0.05, 0.1) is 12.2 Å². The first-order valence-corrected chi connectivity index (χ1v) is 9.62. The van der Waals surface area contributed by atoms with Gasteiger partial charge in [-0.25, -0.2) is 4.98 Å². The molecule has 1 aromatic heterocycles. The van der Waals surface area contributed by atoms with Gasteiger partial charge >= 0.3 is 0 Å². The maximum atomic E-state index is 4.74. The Morgan fingerprint density at radius 3 is 2.73 bits per heavy atom. The second-order valence-electron chi connectivity index (χ2n) is 7.31. The van der Waals surface area contributed by atoms with Crippen LogP contribution in [0.1, 0.15) is 45.3 Å². The highest BCUT2D eigenvalue weighted by atomic mass is 32.2. The van der Waals surface area contributed by atoms with E-state index < -0.39 is 0 Å². The molecule has 0 aliphatic carbocycles. The fraction of sp³-hybridized carbons (Fsp3) is 0.750. The number of nitrogens with zero attached hydrogens (tertiary/aromatic N) is 3. The van der Waals surface area contributed by atoms with Gasteiger partial charge in [0, 0.05) is 41.4 Å². The van der Waals surface area contributed by atoms with Crippen LogP contribution in [0.25, 0.3) is 0 Å². The Kier molecular flexibility index (Phi) is 5.43. The molecular formula is C16H28N4S2. The fourth-order valence-corrected chi connectivity index (χ4v) is 4.49. The van der Waals surface area contributed by atoms with E-state index in [4.69, 9.17) is 4.98 Å². The van der Waals surface area contributed by atoms with E-state index in [1.54, 1.807) is 11.3 Å². The minimum absolute atomic E-state index is 0.116. The number of rotatable bonds is 2. The largest absolute Gasteiger partial charge is 0.350 e. The predicted molar refractivity (Wildman–Crippen MR) is 99.1 cm³/mol. The summed E-state index contributed by atoms with van der Waals surface area (Å²) >= 11 is 3.76. The molecule has 1 fully saturated rings. The first kappa shape index (κ1) is 17.6. The molecule has 22 heavy (non-hydrogen) atoms. The van der Waals surface area contributed by atoms with E-state index in [0.29, 0.717) is 0 Å². The zero-order valence-electron chi connectivity index (χ0n) is 14.6. The van der Waals surface area contributed by atoms with Crippen molar-refractivity contribution < 1.29 is 0 Å². The van der Waals surface area contributed by atoms with Crippen LogP contribution in [-0.4, -0.2) is 46.5 Å². The molecular weight excluding hydrogens is 312 g/mol. The van der Waals surface area contributed by atoms with Gasteiger partial charge in [-0.1, -0.05) is 20.8 Å². The van der Waals surface area contributed by atoms with Crippen molar-refractivity contribution in [2.24, 2.45) is 4.99 Å². The number of hydrogen-bond donors (Lipinski definition) is 1. The van der Waals surface area contributed by atoms with Gasteiger partial charge in [0.2, 0.25) is 0 Å². The van der Waals surface area contributed by atoms with Crippen LogP contribution in [0.4, 0.5) is 0 Å². The maximum Gasteiger partial charge on any atom is 0.194 e. The molecule has 1 saturated heterocycles. The number of aliphatic imine (C=N–C) groups is 1. The van der Waals surface area contributed by atoms with Crippen LogP contribution in [0, 0.1) is 0 Å². The maximum absolute atomic E-state index is 4.74. The summed E-state index contributed by atoms with van der Waals surface area (Å²) in [5.74, 6) is 2.14. The molecule has 0 radical (unpaired) electrons. The lowest BCUT2D eigenvalue weighted by atomic mass is 9.93. The Morgan fingerprint density at radius 2 is 2.18 bits per heavy atom. The molecule has 1 aliphatic rings. The molecule has 2 rings (SSSR count). The Balaban J connectivity index is 1.96. The van der Waals surface area contributed by atoms with Crippen LogP contribution in [-0.2, 0) is 12.0 Å². The smallest absolute Gasteiger partial charge is 0.194 e. The highest BCUT2D eigenvalue weighted by Crippen LogP contribution is 2.29.